The average molecular weight is 525 g/mol. The lowest BCUT2D eigenvalue weighted by Crippen LogP contribution is -2.69. The van der Waals surface area contributed by atoms with Gasteiger partial charge in [-0.15, -0.1) is 11.6 Å². The molecule has 3 aromatic rings. The first-order chi connectivity index (χ1) is 16.7. The van der Waals surface area contributed by atoms with E-state index in [1.807, 2.05) is 33.8 Å². The Labute approximate surface area is 221 Å². The molecule has 0 saturated heterocycles. The number of aromatic nitrogens is 2. The van der Waals surface area contributed by atoms with Crippen LogP contribution in [0.1, 0.15) is 65.8 Å². The van der Waals surface area contributed by atoms with Gasteiger partial charge in [-0.25, -0.2) is 4.98 Å². The lowest BCUT2D eigenvalue weighted by atomic mass is 9.54. The van der Waals surface area contributed by atoms with Crippen molar-refractivity contribution in [1.82, 2.24) is 9.55 Å². The van der Waals surface area contributed by atoms with Gasteiger partial charge in [-0.3, -0.25) is 4.79 Å². The van der Waals surface area contributed by atoms with Crippen molar-refractivity contribution < 1.29 is 4.79 Å². The van der Waals surface area contributed by atoms with Crippen molar-refractivity contribution >= 4 is 39.0 Å². The number of carbonyl (C=O) groups excluding carboxylic acids is 1. The summed E-state index contributed by atoms with van der Waals surface area (Å²) < 4.78 is 1.78. The minimum atomic E-state index is -0.703. The van der Waals surface area contributed by atoms with E-state index in [2.05, 4.69) is 59.2 Å². The minimum absolute atomic E-state index is 0.221. The fourth-order valence-electron chi connectivity index (χ4n) is 5.91. The SMILES string of the molecule is CC1(C)C(=O)C(C)(C)C1(Cl)SSc1nc(-c2ccccc2)c(-c2ccccc2)n1C1CCCCC1. The van der Waals surface area contributed by atoms with Crippen molar-refractivity contribution in [2.45, 2.75) is 75.2 Å². The van der Waals surface area contributed by atoms with E-state index >= 15 is 0 Å². The van der Waals surface area contributed by atoms with Gasteiger partial charge >= 0.3 is 0 Å². The van der Waals surface area contributed by atoms with Gasteiger partial charge in [0.1, 0.15) is 9.99 Å². The summed E-state index contributed by atoms with van der Waals surface area (Å²) in [5, 5.41) is 0.977. The van der Waals surface area contributed by atoms with E-state index in [0.717, 1.165) is 29.3 Å². The van der Waals surface area contributed by atoms with E-state index in [1.54, 1.807) is 21.6 Å². The molecule has 35 heavy (non-hydrogen) atoms. The third kappa shape index (κ3) is 3.98. The van der Waals surface area contributed by atoms with E-state index in [4.69, 9.17) is 16.6 Å². The van der Waals surface area contributed by atoms with E-state index in [9.17, 15) is 4.79 Å². The highest BCUT2D eigenvalue weighted by atomic mass is 35.5. The largest absolute Gasteiger partial charge is 0.315 e. The Morgan fingerprint density at radius 2 is 1.40 bits per heavy atom. The lowest BCUT2D eigenvalue weighted by molar-refractivity contribution is -0.153. The van der Waals surface area contributed by atoms with Crippen LogP contribution in [0, 0.1) is 10.8 Å². The number of alkyl halides is 1. The quantitative estimate of drug-likeness (QED) is 0.238. The molecular formula is C29H33ClN2OS2. The standard InChI is InChI=1S/C29H33ClN2OS2/c1-27(2)25(33)28(3,4)29(27,30)35-34-26-31-23(20-14-8-5-9-15-20)24(21-16-10-6-11-17-21)32(26)22-18-12-7-13-19-22/h5-6,8-11,14-17,22H,7,12-13,18-19H2,1-4H3. The lowest BCUT2D eigenvalue weighted by Gasteiger charge is -2.60. The molecule has 0 amide bonds. The fraction of sp³-hybridized carbons (Fsp3) is 0.448. The first-order valence-corrected chi connectivity index (χ1v) is 15.0. The Morgan fingerprint density at radius 3 is 1.97 bits per heavy atom. The van der Waals surface area contributed by atoms with Gasteiger partial charge in [0.25, 0.3) is 0 Å². The molecule has 6 heteroatoms. The molecule has 2 aliphatic rings. The van der Waals surface area contributed by atoms with E-state index in [0.29, 0.717) is 6.04 Å². The maximum Gasteiger partial charge on any atom is 0.180 e. The van der Waals surface area contributed by atoms with Crippen molar-refractivity contribution in [2.24, 2.45) is 10.8 Å². The Hall–Kier alpha value is -1.69. The zero-order valence-corrected chi connectivity index (χ0v) is 23.3. The molecule has 2 saturated carbocycles. The Bertz CT molecular complexity index is 1200. The number of nitrogens with zero attached hydrogens (tertiary/aromatic N) is 2. The normalized spacial score (nSPS) is 21.0. The molecule has 1 heterocycles. The predicted octanol–water partition coefficient (Wildman–Crippen LogP) is 9.03. The third-order valence-corrected chi connectivity index (χ3v) is 12.6. The number of Topliss-reactive ketones (excluding diaryl/α,β-unsaturated/α-hetero) is 1. The second-order valence-electron chi connectivity index (χ2n) is 10.8. The maximum atomic E-state index is 12.8. The summed E-state index contributed by atoms with van der Waals surface area (Å²) in [6, 6.07) is 21.5. The number of ketones is 1. The van der Waals surface area contributed by atoms with Crippen LogP contribution in [0.5, 0.6) is 0 Å². The Morgan fingerprint density at radius 1 is 0.857 bits per heavy atom. The molecule has 0 atom stereocenters. The summed E-state index contributed by atoms with van der Waals surface area (Å²) in [6.45, 7) is 7.89. The summed E-state index contributed by atoms with van der Waals surface area (Å²) >= 11 is 7.24. The second-order valence-corrected chi connectivity index (χ2v) is 13.9. The molecule has 0 radical (unpaired) electrons. The molecule has 184 valence electrons. The molecule has 2 aliphatic carbocycles. The van der Waals surface area contributed by atoms with Gasteiger partial charge in [0.05, 0.1) is 22.2 Å². The molecule has 1 aromatic heterocycles. The van der Waals surface area contributed by atoms with Crippen LogP contribution in [-0.4, -0.2) is 19.5 Å². The summed E-state index contributed by atoms with van der Waals surface area (Å²) in [5.74, 6) is 0.221. The van der Waals surface area contributed by atoms with E-state index in [1.165, 1.54) is 30.5 Å². The number of benzene rings is 2. The van der Waals surface area contributed by atoms with Crippen LogP contribution >= 0.6 is 33.2 Å². The summed E-state index contributed by atoms with van der Waals surface area (Å²) in [7, 11) is 3.24. The summed E-state index contributed by atoms with van der Waals surface area (Å²) in [5.41, 5.74) is 3.30. The number of halogens is 1. The highest BCUT2D eigenvalue weighted by Gasteiger charge is 2.72. The molecule has 0 spiro atoms. The second kappa shape index (κ2) is 9.32. The highest BCUT2D eigenvalue weighted by molar-refractivity contribution is 8.77. The van der Waals surface area contributed by atoms with Gasteiger partial charge < -0.3 is 4.57 Å². The van der Waals surface area contributed by atoms with E-state index in [-0.39, 0.29) is 5.78 Å². The van der Waals surface area contributed by atoms with Crippen molar-refractivity contribution in [2.75, 3.05) is 0 Å². The van der Waals surface area contributed by atoms with Crippen LogP contribution in [0.4, 0.5) is 0 Å². The number of hydrogen-bond acceptors (Lipinski definition) is 4. The van der Waals surface area contributed by atoms with Gasteiger partial charge in [-0.05, 0) is 23.6 Å². The Kier molecular flexibility index (Phi) is 6.65. The number of carbonyl (C=O) groups is 1. The Balaban J connectivity index is 1.63. The maximum absolute atomic E-state index is 12.8. The average Bonchev–Trinajstić information content (AvgIpc) is 3.27. The van der Waals surface area contributed by atoms with Gasteiger partial charge in [-0.1, -0.05) is 118 Å². The molecular weight excluding hydrogens is 492 g/mol. The summed E-state index contributed by atoms with van der Waals surface area (Å²) in [4.78, 5) is 18.1. The monoisotopic (exact) mass is 524 g/mol. The van der Waals surface area contributed by atoms with Crippen molar-refractivity contribution in [3.05, 3.63) is 60.7 Å². The van der Waals surface area contributed by atoms with Gasteiger partial charge in [-0.2, -0.15) is 0 Å². The first kappa shape index (κ1) is 25.0. The topological polar surface area (TPSA) is 34.9 Å². The van der Waals surface area contributed by atoms with Crippen molar-refractivity contribution in [3.63, 3.8) is 0 Å². The number of imidazole rings is 1. The van der Waals surface area contributed by atoms with Crippen LogP contribution in [0.25, 0.3) is 22.5 Å². The van der Waals surface area contributed by atoms with Gasteiger partial charge in [0.15, 0.2) is 5.16 Å². The fourth-order valence-corrected chi connectivity index (χ4v) is 9.78. The van der Waals surface area contributed by atoms with Gasteiger partial charge in [0, 0.05) is 17.2 Å². The molecule has 0 bridgehead atoms. The van der Waals surface area contributed by atoms with E-state index < -0.39 is 15.0 Å². The molecule has 0 aliphatic heterocycles. The van der Waals surface area contributed by atoms with Crippen LogP contribution in [-0.2, 0) is 4.79 Å². The summed E-state index contributed by atoms with van der Waals surface area (Å²) in [6.07, 6.45) is 6.09. The van der Waals surface area contributed by atoms with Crippen LogP contribution in [0.2, 0.25) is 0 Å². The van der Waals surface area contributed by atoms with Crippen LogP contribution in [0.15, 0.2) is 65.8 Å². The molecule has 2 fully saturated rings. The molecule has 0 N–H and O–H groups in total. The zero-order valence-electron chi connectivity index (χ0n) is 20.9. The predicted molar refractivity (Wildman–Crippen MR) is 150 cm³/mol. The highest BCUT2D eigenvalue weighted by Crippen LogP contribution is 2.70. The molecule has 5 rings (SSSR count). The zero-order chi connectivity index (χ0) is 24.8. The van der Waals surface area contributed by atoms with Gasteiger partial charge in [0.2, 0.25) is 0 Å². The molecule has 2 aromatic carbocycles. The van der Waals surface area contributed by atoms with Crippen LogP contribution in [0.3, 0.4) is 0 Å². The first-order valence-electron chi connectivity index (χ1n) is 12.5. The molecule has 0 unspecified atom stereocenters. The third-order valence-electron chi connectivity index (χ3n) is 7.89. The number of hydrogen-bond donors (Lipinski definition) is 0. The number of rotatable bonds is 6. The smallest absolute Gasteiger partial charge is 0.180 e. The van der Waals surface area contributed by atoms with Crippen LogP contribution < -0.4 is 0 Å². The van der Waals surface area contributed by atoms with Crippen molar-refractivity contribution in [3.8, 4) is 22.5 Å². The molecule has 3 nitrogen and oxygen atoms in total. The minimum Gasteiger partial charge on any atom is -0.315 e. The van der Waals surface area contributed by atoms with Crippen molar-refractivity contribution in [1.29, 1.82) is 0 Å².